The van der Waals surface area contributed by atoms with Gasteiger partial charge in [0, 0.05) is 5.02 Å². The van der Waals surface area contributed by atoms with Crippen molar-refractivity contribution in [3.8, 4) is 11.5 Å². The quantitative estimate of drug-likeness (QED) is 0.748. The van der Waals surface area contributed by atoms with Crippen LogP contribution in [0.2, 0.25) is 10.0 Å². The molecule has 0 atom stereocenters. The van der Waals surface area contributed by atoms with E-state index in [0.29, 0.717) is 33.8 Å². The number of urea groups is 1. The Morgan fingerprint density at radius 2 is 1.78 bits per heavy atom. The van der Waals surface area contributed by atoms with Gasteiger partial charge in [-0.2, -0.15) is 0 Å². The first-order valence-corrected chi connectivity index (χ1v) is 7.70. The molecule has 2 rings (SSSR count). The Labute approximate surface area is 144 Å². The Kier molecular flexibility index (Phi) is 6.38. The fourth-order valence-corrected chi connectivity index (χ4v) is 2.12. The summed E-state index contributed by atoms with van der Waals surface area (Å²) < 4.78 is 10.9. The molecular formula is C16H16Cl2N2O3. The molecule has 0 aliphatic heterocycles. The number of hydrogen-bond donors (Lipinski definition) is 2. The predicted molar refractivity (Wildman–Crippen MR) is 91.7 cm³/mol. The molecule has 0 saturated carbocycles. The molecular weight excluding hydrogens is 339 g/mol. The van der Waals surface area contributed by atoms with Crippen LogP contribution in [0.1, 0.15) is 6.92 Å². The van der Waals surface area contributed by atoms with Gasteiger partial charge in [-0.25, -0.2) is 4.79 Å². The third-order valence-corrected chi connectivity index (χ3v) is 3.35. The van der Waals surface area contributed by atoms with E-state index in [1.807, 2.05) is 19.1 Å². The van der Waals surface area contributed by atoms with Crippen molar-refractivity contribution < 1.29 is 14.3 Å². The Hall–Kier alpha value is -2.11. The zero-order chi connectivity index (χ0) is 16.7. The highest BCUT2D eigenvalue weighted by Crippen LogP contribution is 2.26. The molecule has 2 aromatic rings. The average molecular weight is 355 g/mol. The standard InChI is InChI=1S/C16H16Cl2N2O3/c1-2-22-14-5-3-4-6-15(14)23-10-19-16(21)20-13-9-11(17)7-8-12(13)18/h3-9H,2,10H2,1H3,(H2,19,20,21). The van der Waals surface area contributed by atoms with Gasteiger partial charge in [-0.15, -0.1) is 0 Å². The van der Waals surface area contributed by atoms with Crippen molar-refractivity contribution in [1.29, 1.82) is 0 Å². The second-order valence-electron chi connectivity index (χ2n) is 4.42. The maximum Gasteiger partial charge on any atom is 0.321 e. The number of carbonyl (C=O) groups excluding carboxylic acids is 1. The summed E-state index contributed by atoms with van der Waals surface area (Å²) in [5.74, 6) is 1.17. The van der Waals surface area contributed by atoms with Crippen molar-refractivity contribution >= 4 is 34.9 Å². The lowest BCUT2D eigenvalue weighted by atomic mass is 10.3. The van der Waals surface area contributed by atoms with Gasteiger partial charge in [-0.1, -0.05) is 35.3 Å². The van der Waals surface area contributed by atoms with Gasteiger partial charge in [0.25, 0.3) is 0 Å². The smallest absolute Gasteiger partial charge is 0.321 e. The van der Waals surface area contributed by atoms with Crippen LogP contribution >= 0.6 is 23.2 Å². The number of hydrogen-bond acceptors (Lipinski definition) is 3. The number of nitrogens with one attached hydrogen (secondary N) is 2. The third-order valence-electron chi connectivity index (χ3n) is 2.79. The monoisotopic (exact) mass is 354 g/mol. The van der Waals surface area contributed by atoms with E-state index in [1.54, 1.807) is 30.3 Å². The second-order valence-corrected chi connectivity index (χ2v) is 5.27. The van der Waals surface area contributed by atoms with E-state index in [2.05, 4.69) is 10.6 Å². The number of carbonyl (C=O) groups is 1. The van der Waals surface area contributed by atoms with Crippen LogP contribution in [0.5, 0.6) is 11.5 Å². The van der Waals surface area contributed by atoms with Gasteiger partial charge in [0.2, 0.25) is 0 Å². The molecule has 2 amide bonds. The third kappa shape index (κ3) is 5.23. The molecule has 0 fully saturated rings. The minimum absolute atomic E-state index is 0.0197. The summed E-state index contributed by atoms with van der Waals surface area (Å²) in [7, 11) is 0. The fourth-order valence-electron chi connectivity index (χ4n) is 1.78. The largest absolute Gasteiger partial charge is 0.490 e. The first-order valence-electron chi connectivity index (χ1n) is 6.94. The average Bonchev–Trinajstić information content (AvgIpc) is 2.53. The van der Waals surface area contributed by atoms with E-state index in [1.165, 1.54) is 0 Å². The summed E-state index contributed by atoms with van der Waals surface area (Å²) in [4.78, 5) is 11.8. The van der Waals surface area contributed by atoms with Gasteiger partial charge in [0.1, 0.15) is 0 Å². The first kappa shape index (κ1) is 17.2. The lowest BCUT2D eigenvalue weighted by molar-refractivity contribution is 0.229. The number of ether oxygens (including phenoxy) is 2. The van der Waals surface area contributed by atoms with Crippen LogP contribution in [0.4, 0.5) is 10.5 Å². The van der Waals surface area contributed by atoms with Crippen molar-refractivity contribution in [2.45, 2.75) is 6.92 Å². The van der Waals surface area contributed by atoms with E-state index in [-0.39, 0.29) is 6.73 Å². The molecule has 2 N–H and O–H groups in total. The van der Waals surface area contributed by atoms with E-state index < -0.39 is 6.03 Å². The normalized spacial score (nSPS) is 10.0. The fraction of sp³-hybridized carbons (Fsp3) is 0.188. The van der Waals surface area contributed by atoms with Crippen LogP contribution in [-0.2, 0) is 0 Å². The first-order chi connectivity index (χ1) is 11.1. The molecule has 0 aliphatic carbocycles. The van der Waals surface area contributed by atoms with Crippen LogP contribution < -0.4 is 20.1 Å². The Balaban J connectivity index is 1.87. The Morgan fingerprint density at radius 1 is 1.09 bits per heavy atom. The maximum absolute atomic E-state index is 11.8. The molecule has 122 valence electrons. The maximum atomic E-state index is 11.8. The van der Waals surface area contributed by atoms with E-state index in [4.69, 9.17) is 32.7 Å². The Bertz CT molecular complexity index is 680. The molecule has 23 heavy (non-hydrogen) atoms. The van der Waals surface area contributed by atoms with Crippen molar-refractivity contribution in [3.05, 3.63) is 52.5 Å². The number of rotatable bonds is 6. The summed E-state index contributed by atoms with van der Waals surface area (Å²) >= 11 is 11.8. The summed E-state index contributed by atoms with van der Waals surface area (Å²) in [6, 6.07) is 11.6. The summed E-state index contributed by atoms with van der Waals surface area (Å²) in [6.45, 7) is 2.40. The van der Waals surface area contributed by atoms with Gasteiger partial charge in [0.15, 0.2) is 18.2 Å². The lowest BCUT2D eigenvalue weighted by Gasteiger charge is -2.13. The van der Waals surface area contributed by atoms with Crippen molar-refractivity contribution in [3.63, 3.8) is 0 Å². The molecule has 2 aromatic carbocycles. The number of amides is 2. The molecule has 0 unspecified atom stereocenters. The number of benzene rings is 2. The number of para-hydroxylation sites is 2. The minimum Gasteiger partial charge on any atom is -0.490 e. The predicted octanol–water partition coefficient (Wildman–Crippen LogP) is 4.55. The van der Waals surface area contributed by atoms with Crippen molar-refractivity contribution in [1.82, 2.24) is 5.32 Å². The molecule has 0 bridgehead atoms. The molecule has 0 heterocycles. The van der Waals surface area contributed by atoms with Crippen LogP contribution in [0.15, 0.2) is 42.5 Å². The molecule has 0 aliphatic rings. The van der Waals surface area contributed by atoms with Gasteiger partial charge >= 0.3 is 6.03 Å². The number of halogens is 2. The highest BCUT2D eigenvalue weighted by molar-refractivity contribution is 6.35. The Morgan fingerprint density at radius 3 is 2.48 bits per heavy atom. The summed E-state index contributed by atoms with van der Waals surface area (Å²) in [5, 5.41) is 6.04. The highest BCUT2D eigenvalue weighted by Gasteiger charge is 2.07. The topological polar surface area (TPSA) is 59.6 Å². The summed E-state index contributed by atoms with van der Waals surface area (Å²) in [5.41, 5.74) is 0.423. The second kappa shape index (κ2) is 8.50. The van der Waals surface area contributed by atoms with Crippen LogP contribution in [0.3, 0.4) is 0 Å². The highest BCUT2D eigenvalue weighted by atomic mass is 35.5. The molecule has 7 heteroatoms. The zero-order valence-electron chi connectivity index (χ0n) is 12.4. The molecule has 5 nitrogen and oxygen atoms in total. The van der Waals surface area contributed by atoms with Crippen molar-refractivity contribution in [2.24, 2.45) is 0 Å². The van der Waals surface area contributed by atoms with E-state index in [9.17, 15) is 4.79 Å². The van der Waals surface area contributed by atoms with Gasteiger partial charge in [-0.05, 0) is 37.3 Å². The van der Waals surface area contributed by atoms with Crippen LogP contribution in [-0.4, -0.2) is 19.4 Å². The van der Waals surface area contributed by atoms with E-state index >= 15 is 0 Å². The van der Waals surface area contributed by atoms with Gasteiger partial charge < -0.3 is 20.1 Å². The molecule has 0 aromatic heterocycles. The minimum atomic E-state index is -0.456. The number of anilines is 1. The molecule has 0 saturated heterocycles. The molecule has 0 radical (unpaired) electrons. The molecule has 0 spiro atoms. The van der Waals surface area contributed by atoms with Gasteiger partial charge in [0.05, 0.1) is 17.3 Å². The summed E-state index contributed by atoms with van der Waals surface area (Å²) in [6.07, 6.45) is 0. The lowest BCUT2D eigenvalue weighted by Crippen LogP contribution is -2.32. The van der Waals surface area contributed by atoms with Crippen LogP contribution in [0.25, 0.3) is 0 Å². The zero-order valence-corrected chi connectivity index (χ0v) is 13.9. The van der Waals surface area contributed by atoms with Crippen LogP contribution in [0, 0.1) is 0 Å². The van der Waals surface area contributed by atoms with E-state index in [0.717, 1.165) is 0 Å². The van der Waals surface area contributed by atoms with Crippen molar-refractivity contribution in [2.75, 3.05) is 18.7 Å². The SMILES string of the molecule is CCOc1ccccc1OCNC(=O)Nc1cc(Cl)ccc1Cl. The van der Waals surface area contributed by atoms with Gasteiger partial charge in [-0.3, -0.25) is 0 Å².